The number of hydrogen-bond acceptors (Lipinski definition) is 6. The quantitative estimate of drug-likeness (QED) is 0.0304. The van der Waals surface area contributed by atoms with E-state index in [1.165, 1.54) is 89.9 Å². The molecule has 3 aromatic carbocycles. The minimum atomic E-state index is -0.762. The molecule has 1 N–H and O–H groups in total. The Morgan fingerprint density at radius 3 is 1.30 bits per heavy atom. The van der Waals surface area contributed by atoms with Crippen molar-refractivity contribution >= 4 is 0 Å². The van der Waals surface area contributed by atoms with Crippen LogP contribution >= 0.6 is 0 Å². The zero-order valence-corrected chi connectivity index (χ0v) is 31.0. The Balaban J connectivity index is 1.16. The predicted molar refractivity (Wildman–Crippen MR) is 204 cm³/mol. The van der Waals surface area contributed by atoms with Gasteiger partial charge in [-0.3, -0.25) is 0 Å². The van der Waals surface area contributed by atoms with Gasteiger partial charge in [0.25, 0.3) is 0 Å². The van der Waals surface area contributed by atoms with Crippen LogP contribution in [0.3, 0.4) is 0 Å². The smallest absolute Gasteiger partial charge is 0.143 e. The van der Waals surface area contributed by atoms with E-state index in [1.54, 1.807) is 0 Å². The van der Waals surface area contributed by atoms with Gasteiger partial charge in [0.2, 0.25) is 0 Å². The minimum Gasteiger partial charge on any atom is -0.388 e. The van der Waals surface area contributed by atoms with Crippen molar-refractivity contribution in [2.45, 2.75) is 121 Å². The lowest BCUT2D eigenvalue weighted by atomic mass is 9.80. The number of ether oxygens (including phenoxy) is 3. The van der Waals surface area contributed by atoms with E-state index in [-0.39, 0.29) is 13.2 Å². The molecule has 0 spiro atoms. The van der Waals surface area contributed by atoms with Gasteiger partial charge >= 0.3 is 0 Å². The standard InChI is InChI=1S/C44H66O6/c1-2-3-4-5-6-7-8-9-10-11-12-13-14-15-16-26-33-49-50-39-43(45)38-47-35-34-46-36-37-48-44(40-27-20-17-21-28-40,41-29-22-18-23-30-41)42-31-24-19-25-32-42/h17-25,27-32,43,45H,2-16,26,33-39H2,1H3. The molecule has 0 fully saturated rings. The second-order valence-electron chi connectivity index (χ2n) is 13.4. The second kappa shape index (κ2) is 28.1. The van der Waals surface area contributed by atoms with Crippen LogP contribution in [0.4, 0.5) is 0 Å². The van der Waals surface area contributed by atoms with Gasteiger partial charge in [-0.05, 0) is 23.1 Å². The highest BCUT2D eigenvalue weighted by Gasteiger charge is 2.37. The van der Waals surface area contributed by atoms with Crippen molar-refractivity contribution in [3.05, 3.63) is 108 Å². The van der Waals surface area contributed by atoms with E-state index in [0.29, 0.717) is 33.0 Å². The Morgan fingerprint density at radius 1 is 0.440 bits per heavy atom. The molecular weight excluding hydrogens is 624 g/mol. The Morgan fingerprint density at radius 2 is 0.840 bits per heavy atom. The average molecular weight is 691 g/mol. The van der Waals surface area contributed by atoms with Crippen molar-refractivity contribution in [3.8, 4) is 0 Å². The van der Waals surface area contributed by atoms with E-state index < -0.39 is 11.7 Å². The molecule has 50 heavy (non-hydrogen) atoms. The SMILES string of the molecule is CCCCCCCCCCCCCCCCCCOOCC(O)COCCOCCOC(c1ccccc1)(c1ccccc1)c1ccccc1. The van der Waals surface area contributed by atoms with Gasteiger partial charge in [0, 0.05) is 0 Å². The Kier molecular flexibility index (Phi) is 23.5. The van der Waals surface area contributed by atoms with Gasteiger partial charge < -0.3 is 19.3 Å². The summed E-state index contributed by atoms with van der Waals surface area (Å²) in [4.78, 5) is 10.5. The molecule has 3 aromatic rings. The summed E-state index contributed by atoms with van der Waals surface area (Å²) in [6.45, 7) is 4.68. The van der Waals surface area contributed by atoms with Gasteiger partial charge in [0.05, 0.1) is 39.6 Å². The lowest BCUT2D eigenvalue weighted by Gasteiger charge is -2.36. The Hall–Kier alpha value is -2.58. The molecule has 0 aliphatic heterocycles. The van der Waals surface area contributed by atoms with Gasteiger partial charge in [-0.15, -0.1) is 0 Å². The summed E-state index contributed by atoms with van der Waals surface area (Å²) in [5, 5.41) is 10.2. The average Bonchev–Trinajstić information content (AvgIpc) is 3.16. The monoisotopic (exact) mass is 690 g/mol. The van der Waals surface area contributed by atoms with Crippen LogP contribution in [0.25, 0.3) is 0 Å². The molecule has 6 nitrogen and oxygen atoms in total. The maximum absolute atomic E-state index is 10.2. The topological polar surface area (TPSA) is 66.4 Å². The maximum atomic E-state index is 10.2. The van der Waals surface area contributed by atoms with Crippen molar-refractivity contribution in [1.82, 2.24) is 0 Å². The third kappa shape index (κ3) is 17.1. The molecule has 0 aromatic heterocycles. The number of rotatable bonds is 32. The summed E-state index contributed by atoms with van der Waals surface area (Å²) in [7, 11) is 0. The van der Waals surface area contributed by atoms with Crippen LogP contribution < -0.4 is 0 Å². The fourth-order valence-electron chi connectivity index (χ4n) is 6.40. The highest BCUT2D eigenvalue weighted by atomic mass is 17.2. The van der Waals surface area contributed by atoms with Gasteiger partial charge in [-0.2, -0.15) is 0 Å². The normalized spacial score (nSPS) is 12.4. The van der Waals surface area contributed by atoms with Crippen LogP contribution in [0.1, 0.15) is 126 Å². The van der Waals surface area contributed by atoms with E-state index in [9.17, 15) is 5.11 Å². The largest absolute Gasteiger partial charge is 0.388 e. The predicted octanol–water partition coefficient (Wildman–Crippen LogP) is 10.6. The first-order valence-electron chi connectivity index (χ1n) is 19.7. The molecule has 1 unspecified atom stereocenters. The van der Waals surface area contributed by atoms with Crippen LogP contribution in [-0.4, -0.2) is 57.5 Å². The molecule has 0 amide bonds. The van der Waals surface area contributed by atoms with Crippen molar-refractivity contribution in [2.24, 2.45) is 0 Å². The first-order chi connectivity index (χ1) is 24.8. The maximum Gasteiger partial charge on any atom is 0.143 e. The van der Waals surface area contributed by atoms with E-state index in [0.717, 1.165) is 29.5 Å². The first kappa shape index (κ1) is 41.8. The molecule has 0 saturated heterocycles. The summed E-state index contributed by atoms with van der Waals surface area (Å²) in [6, 6.07) is 31.0. The molecule has 0 radical (unpaired) electrons. The lowest BCUT2D eigenvalue weighted by molar-refractivity contribution is -0.307. The van der Waals surface area contributed by atoms with E-state index in [4.69, 9.17) is 24.0 Å². The van der Waals surface area contributed by atoms with Gasteiger partial charge in [-0.1, -0.05) is 194 Å². The van der Waals surface area contributed by atoms with Crippen LogP contribution in [0, 0.1) is 0 Å². The number of aliphatic hydroxyl groups is 1. The van der Waals surface area contributed by atoms with Crippen LogP contribution in [0.5, 0.6) is 0 Å². The Bertz CT molecular complexity index is 1060. The summed E-state index contributed by atoms with van der Waals surface area (Å²) in [5.41, 5.74) is 2.42. The van der Waals surface area contributed by atoms with Crippen LogP contribution in [-0.2, 0) is 29.6 Å². The minimum absolute atomic E-state index is 0.0914. The fraction of sp³-hybridized carbons (Fsp3) is 0.591. The number of unbranched alkanes of at least 4 members (excludes halogenated alkanes) is 15. The second-order valence-corrected chi connectivity index (χ2v) is 13.4. The Labute approximate surface area is 303 Å². The van der Waals surface area contributed by atoms with Gasteiger partial charge in [0.1, 0.15) is 18.3 Å². The highest BCUT2D eigenvalue weighted by Crippen LogP contribution is 2.40. The molecule has 0 bridgehead atoms. The van der Waals surface area contributed by atoms with Crippen LogP contribution in [0.2, 0.25) is 0 Å². The molecule has 0 aliphatic rings. The zero-order chi connectivity index (χ0) is 35.2. The van der Waals surface area contributed by atoms with Crippen LogP contribution in [0.15, 0.2) is 91.0 Å². The molecule has 0 aliphatic carbocycles. The molecular formula is C44H66O6. The summed E-state index contributed by atoms with van der Waals surface area (Å²) in [5.74, 6) is 0. The molecule has 0 saturated carbocycles. The summed E-state index contributed by atoms with van der Waals surface area (Å²) >= 11 is 0. The number of aliphatic hydroxyl groups excluding tert-OH is 1. The van der Waals surface area contributed by atoms with Crippen molar-refractivity contribution in [1.29, 1.82) is 0 Å². The molecule has 3 rings (SSSR count). The molecule has 278 valence electrons. The third-order valence-electron chi connectivity index (χ3n) is 9.19. The van der Waals surface area contributed by atoms with Crippen molar-refractivity contribution in [3.63, 3.8) is 0 Å². The molecule has 0 heterocycles. The third-order valence-corrected chi connectivity index (χ3v) is 9.19. The fourth-order valence-corrected chi connectivity index (χ4v) is 6.40. The number of benzene rings is 3. The zero-order valence-electron chi connectivity index (χ0n) is 31.0. The van der Waals surface area contributed by atoms with E-state index in [2.05, 4.69) is 43.3 Å². The van der Waals surface area contributed by atoms with Crippen molar-refractivity contribution < 1.29 is 29.1 Å². The molecule has 6 heteroatoms. The molecule has 1 atom stereocenters. The van der Waals surface area contributed by atoms with E-state index >= 15 is 0 Å². The highest BCUT2D eigenvalue weighted by molar-refractivity contribution is 5.47. The summed E-state index contributed by atoms with van der Waals surface area (Å²) < 4.78 is 18.2. The van der Waals surface area contributed by atoms with Gasteiger partial charge in [-0.25, -0.2) is 9.78 Å². The first-order valence-corrected chi connectivity index (χ1v) is 19.7. The lowest BCUT2D eigenvalue weighted by Crippen LogP contribution is -2.34. The number of hydrogen-bond donors (Lipinski definition) is 1. The summed E-state index contributed by atoms with van der Waals surface area (Å²) in [6.07, 6.45) is 20.8. The van der Waals surface area contributed by atoms with Gasteiger partial charge in [0.15, 0.2) is 0 Å². The van der Waals surface area contributed by atoms with E-state index in [1.807, 2.05) is 54.6 Å². The van der Waals surface area contributed by atoms with Crippen molar-refractivity contribution in [2.75, 3.05) is 46.2 Å².